The molecular weight excluding hydrogens is 420 g/mol. The monoisotopic (exact) mass is 454 g/mol. The van der Waals surface area contributed by atoms with Gasteiger partial charge in [0.1, 0.15) is 23.2 Å². The molecule has 0 saturated carbocycles. The van der Waals surface area contributed by atoms with E-state index in [4.69, 9.17) is 15.2 Å². The summed E-state index contributed by atoms with van der Waals surface area (Å²) in [6.45, 7) is 14.8. The number of amides is 2. The molecule has 0 aliphatic carbocycles. The SMILES string of the molecule is C=C(/C=C\C(=C/N)NC(=O)[C@@H](CC)NC(=O)OC(C)(C)C)Oc1ccc(C#N)c(C(C)C)c1. The second kappa shape index (κ2) is 12.3. The first-order valence-corrected chi connectivity index (χ1v) is 10.7. The van der Waals surface area contributed by atoms with Crippen molar-refractivity contribution in [2.75, 3.05) is 0 Å². The van der Waals surface area contributed by atoms with E-state index in [2.05, 4.69) is 23.3 Å². The van der Waals surface area contributed by atoms with Crippen molar-refractivity contribution in [2.45, 2.75) is 65.5 Å². The number of alkyl carbamates (subject to hydrolysis) is 1. The lowest BCUT2D eigenvalue weighted by Crippen LogP contribution is -2.47. The summed E-state index contributed by atoms with van der Waals surface area (Å²) in [5.74, 6) is 0.573. The van der Waals surface area contributed by atoms with Gasteiger partial charge >= 0.3 is 6.09 Å². The first-order valence-electron chi connectivity index (χ1n) is 10.7. The average Bonchev–Trinajstić information content (AvgIpc) is 2.73. The molecule has 8 heteroatoms. The molecule has 0 spiro atoms. The summed E-state index contributed by atoms with van der Waals surface area (Å²) >= 11 is 0. The zero-order chi connectivity index (χ0) is 25.2. The van der Waals surface area contributed by atoms with Gasteiger partial charge in [-0.2, -0.15) is 5.26 Å². The highest BCUT2D eigenvalue weighted by molar-refractivity contribution is 5.87. The minimum Gasteiger partial charge on any atom is -0.458 e. The normalized spacial score (nSPS) is 12.7. The number of rotatable bonds is 9. The first-order chi connectivity index (χ1) is 15.4. The Hall–Kier alpha value is -3.73. The molecule has 2 amide bonds. The van der Waals surface area contributed by atoms with Gasteiger partial charge in [0.05, 0.1) is 17.3 Å². The Morgan fingerprint density at radius 3 is 2.45 bits per heavy atom. The van der Waals surface area contributed by atoms with Crippen molar-refractivity contribution in [1.29, 1.82) is 5.26 Å². The van der Waals surface area contributed by atoms with Gasteiger partial charge in [0, 0.05) is 6.20 Å². The van der Waals surface area contributed by atoms with E-state index in [-0.39, 0.29) is 5.92 Å². The molecule has 33 heavy (non-hydrogen) atoms. The van der Waals surface area contributed by atoms with Crippen molar-refractivity contribution in [1.82, 2.24) is 10.6 Å². The second-order valence-electron chi connectivity index (χ2n) is 8.64. The summed E-state index contributed by atoms with van der Waals surface area (Å²) in [5.41, 5.74) is 6.74. The molecule has 8 nitrogen and oxygen atoms in total. The predicted molar refractivity (Wildman–Crippen MR) is 128 cm³/mol. The molecule has 178 valence electrons. The molecule has 0 bridgehead atoms. The van der Waals surface area contributed by atoms with Gasteiger partial charge in [-0.05, 0) is 69.0 Å². The number of nitrogens with zero attached hydrogens (tertiary/aromatic N) is 1. The van der Waals surface area contributed by atoms with Crippen LogP contribution in [0.3, 0.4) is 0 Å². The maximum Gasteiger partial charge on any atom is 0.408 e. The van der Waals surface area contributed by atoms with Crippen molar-refractivity contribution >= 4 is 12.0 Å². The van der Waals surface area contributed by atoms with Gasteiger partial charge in [-0.25, -0.2) is 4.79 Å². The van der Waals surface area contributed by atoms with Crippen LogP contribution in [0.25, 0.3) is 0 Å². The highest BCUT2D eigenvalue weighted by Crippen LogP contribution is 2.25. The quantitative estimate of drug-likeness (QED) is 0.376. The van der Waals surface area contributed by atoms with E-state index in [0.29, 0.717) is 29.2 Å². The van der Waals surface area contributed by atoms with E-state index in [1.807, 2.05) is 13.8 Å². The largest absolute Gasteiger partial charge is 0.458 e. The van der Waals surface area contributed by atoms with Crippen LogP contribution in [0.15, 0.2) is 54.6 Å². The Morgan fingerprint density at radius 1 is 1.27 bits per heavy atom. The van der Waals surface area contributed by atoms with E-state index >= 15 is 0 Å². The van der Waals surface area contributed by atoms with Gasteiger partial charge in [-0.3, -0.25) is 4.79 Å². The Morgan fingerprint density at radius 2 is 1.94 bits per heavy atom. The molecule has 1 rings (SSSR count). The van der Waals surface area contributed by atoms with Crippen LogP contribution in [0.4, 0.5) is 4.79 Å². The third kappa shape index (κ3) is 9.52. The number of nitrogens with two attached hydrogens (primary N) is 1. The summed E-state index contributed by atoms with van der Waals surface area (Å²) in [4.78, 5) is 24.5. The number of ether oxygens (including phenoxy) is 2. The zero-order valence-corrected chi connectivity index (χ0v) is 20.2. The summed E-state index contributed by atoms with van der Waals surface area (Å²) in [6.07, 6.45) is 3.99. The van der Waals surface area contributed by atoms with Gasteiger partial charge in [0.15, 0.2) is 0 Å². The van der Waals surface area contributed by atoms with E-state index in [0.717, 1.165) is 5.56 Å². The Labute approximate surface area is 196 Å². The van der Waals surface area contributed by atoms with E-state index in [1.165, 1.54) is 12.3 Å². The molecule has 4 N–H and O–H groups in total. The fraction of sp³-hybridized carbons (Fsp3) is 0.400. The zero-order valence-electron chi connectivity index (χ0n) is 20.2. The van der Waals surface area contributed by atoms with Crippen LogP contribution >= 0.6 is 0 Å². The topological polar surface area (TPSA) is 126 Å². The lowest BCUT2D eigenvalue weighted by molar-refractivity contribution is -0.122. The summed E-state index contributed by atoms with van der Waals surface area (Å²) in [7, 11) is 0. The van der Waals surface area contributed by atoms with Gasteiger partial charge in [0.2, 0.25) is 5.91 Å². The summed E-state index contributed by atoms with van der Waals surface area (Å²) < 4.78 is 10.9. The average molecular weight is 455 g/mol. The van der Waals surface area contributed by atoms with Crippen molar-refractivity contribution in [3.63, 3.8) is 0 Å². The second-order valence-corrected chi connectivity index (χ2v) is 8.64. The molecule has 0 saturated heterocycles. The van der Waals surface area contributed by atoms with E-state index in [9.17, 15) is 14.9 Å². The van der Waals surface area contributed by atoms with Gasteiger partial charge in [0.25, 0.3) is 0 Å². The van der Waals surface area contributed by atoms with Crippen molar-refractivity contribution < 1.29 is 19.1 Å². The lowest BCUT2D eigenvalue weighted by Gasteiger charge is -2.22. The number of hydrogen-bond acceptors (Lipinski definition) is 6. The minimum absolute atomic E-state index is 0.162. The van der Waals surface area contributed by atoms with Crippen LogP contribution in [0.5, 0.6) is 5.75 Å². The van der Waals surface area contributed by atoms with Crippen LogP contribution in [0.1, 0.15) is 65.0 Å². The molecule has 0 aliphatic heterocycles. The molecule has 0 fully saturated rings. The summed E-state index contributed by atoms with van der Waals surface area (Å²) in [5, 5.41) is 14.4. The highest BCUT2D eigenvalue weighted by atomic mass is 16.6. The third-order valence-electron chi connectivity index (χ3n) is 4.33. The smallest absolute Gasteiger partial charge is 0.408 e. The number of carbonyl (C=O) groups excluding carboxylic acids is 2. The molecule has 1 aromatic rings. The molecule has 0 aliphatic rings. The van der Waals surface area contributed by atoms with E-state index in [1.54, 1.807) is 52.0 Å². The lowest BCUT2D eigenvalue weighted by atomic mass is 9.98. The van der Waals surface area contributed by atoms with Crippen molar-refractivity contribution in [2.24, 2.45) is 5.73 Å². The third-order valence-corrected chi connectivity index (χ3v) is 4.33. The van der Waals surface area contributed by atoms with Crippen molar-refractivity contribution in [3.05, 3.63) is 65.7 Å². The molecule has 1 atom stereocenters. The molecular formula is C25H34N4O4. The number of nitrogens with one attached hydrogen (secondary N) is 2. The van der Waals surface area contributed by atoms with Crippen LogP contribution in [0.2, 0.25) is 0 Å². The van der Waals surface area contributed by atoms with Crippen LogP contribution in [0, 0.1) is 11.3 Å². The Kier molecular flexibility index (Phi) is 10.2. The fourth-order valence-corrected chi connectivity index (χ4v) is 2.72. The standard InChI is InChI=1S/C25H34N4O4/c1-8-22(29-24(31)33-25(5,6)7)23(30)28-19(15-27)11-9-17(4)32-20-12-10-18(14-26)21(13-20)16(2)3/h9-13,15-16,22H,4,8,27H2,1-3,5-7H3,(H,28,30)(H,29,31)/b11-9-,19-15+/t22-/m1/s1. The number of nitriles is 1. The van der Waals surface area contributed by atoms with Gasteiger partial charge < -0.3 is 25.8 Å². The highest BCUT2D eigenvalue weighted by Gasteiger charge is 2.23. The van der Waals surface area contributed by atoms with Crippen LogP contribution < -0.4 is 21.1 Å². The number of carbonyl (C=O) groups is 2. The Balaban J connectivity index is 2.77. The van der Waals surface area contributed by atoms with Crippen molar-refractivity contribution in [3.8, 4) is 11.8 Å². The first kappa shape index (κ1) is 27.3. The number of hydrogen-bond donors (Lipinski definition) is 3. The molecule has 0 unspecified atom stereocenters. The number of benzene rings is 1. The Bertz CT molecular complexity index is 966. The molecule has 0 aromatic heterocycles. The van der Waals surface area contributed by atoms with Crippen LogP contribution in [-0.2, 0) is 9.53 Å². The predicted octanol–water partition coefficient (Wildman–Crippen LogP) is 4.35. The molecule has 1 aromatic carbocycles. The molecule has 0 radical (unpaired) electrons. The van der Waals surface area contributed by atoms with E-state index < -0.39 is 23.6 Å². The number of allylic oxidation sites excluding steroid dienone is 2. The summed E-state index contributed by atoms with van der Waals surface area (Å²) in [6, 6.07) is 6.58. The van der Waals surface area contributed by atoms with Gasteiger partial charge in [-0.15, -0.1) is 0 Å². The maximum atomic E-state index is 12.6. The minimum atomic E-state index is -0.796. The maximum absolute atomic E-state index is 12.6. The fourth-order valence-electron chi connectivity index (χ4n) is 2.72. The molecule has 0 heterocycles. The van der Waals surface area contributed by atoms with Crippen LogP contribution in [-0.4, -0.2) is 23.6 Å². The van der Waals surface area contributed by atoms with Gasteiger partial charge in [-0.1, -0.05) is 27.4 Å².